The van der Waals surface area contributed by atoms with E-state index in [2.05, 4.69) is 37.2 Å². The van der Waals surface area contributed by atoms with Crippen molar-refractivity contribution in [3.05, 3.63) is 43.5 Å². The number of ether oxygens (including phenoxy) is 1. The number of amides is 1. The molecular weight excluding hydrogens is 408 g/mol. The van der Waals surface area contributed by atoms with E-state index >= 15 is 0 Å². The zero-order valence-electron chi connectivity index (χ0n) is 10.4. The minimum atomic E-state index is -0.142. The molecule has 0 spiro atoms. The van der Waals surface area contributed by atoms with Crippen LogP contribution in [0.4, 0.5) is 5.69 Å². The molecule has 20 heavy (non-hydrogen) atoms. The molecule has 4 nitrogen and oxygen atoms in total. The fourth-order valence-electron chi connectivity index (χ4n) is 1.46. The molecule has 3 N–H and O–H groups in total. The minimum Gasteiger partial charge on any atom is -0.492 e. The van der Waals surface area contributed by atoms with E-state index < -0.39 is 0 Å². The molecule has 0 radical (unpaired) electrons. The number of carbonyl (C=O) groups is 1. The highest BCUT2D eigenvalue weighted by molar-refractivity contribution is 9.13. The number of nitrogens with two attached hydrogens (primary N) is 1. The van der Waals surface area contributed by atoms with E-state index in [1.54, 1.807) is 30.3 Å². The largest absolute Gasteiger partial charge is 0.492 e. The van der Waals surface area contributed by atoms with E-state index in [9.17, 15) is 4.79 Å². The molecule has 0 aliphatic rings. The fraction of sp³-hybridized carbons (Fsp3) is 0.154. The highest BCUT2D eigenvalue weighted by atomic mass is 79.9. The predicted molar refractivity (Wildman–Crippen MR) is 88.7 cm³/mol. The molecular formula is C13H12Br2N2O2S. The molecule has 1 aromatic carbocycles. The van der Waals surface area contributed by atoms with Gasteiger partial charge < -0.3 is 15.8 Å². The smallest absolute Gasteiger partial charge is 0.265 e. The van der Waals surface area contributed by atoms with Crippen LogP contribution in [0.2, 0.25) is 0 Å². The summed E-state index contributed by atoms with van der Waals surface area (Å²) in [7, 11) is 0. The van der Waals surface area contributed by atoms with Crippen LogP contribution < -0.4 is 15.8 Å². The third-order valence-electron chi connectivity index (χ3n) is 2.37. The van der Waals surface area contributed by atoms with Crippen molar-refractivity contribution in [3.63, 3.8) is 0 Å². The molecule has 0 aliphatic carbocycles. The Morgan fingerprint density at radius 1 is 1.30 bits per heavy atom. The lowest BCUT2D eigenvalue weighted by molar-refractivity contribution is 0.103. The van der Waals surface area contributed by atoms with E-state index in [1.807, 2.05) is 0 Å². The number of hydrogen-bond donors (Lipinski definition) is 2. The van der Waals surface area contributed by atoms with E-state index in [0.29, 0.717) is 18.0 Å². The molecule has 0 aliphatic heterocycles. The predicted octanol–water partition coefficient (Wildman–Crippen LogP) is 3.86. The van der Waals surface area contributed by atoms with Crippen LogP contribution in [0, 0.1) is 0 Å². The fourth-order valence-corrected chi connectivity index (χ4v) is 3.39. The van der Waals surface area contributed by atoms with Gasteiger partial charge in [0.25, 0.3) is 5.91 Å². The third-order valence-corrected chi connectivity index (χ3v) is 5.62. The van der Waals surface area contributed by atoms with Crippen molar-refractivity contribution in [2.75, 3.05) is 18.5 Å². The second kappa shape index (κ2) is 7.21. The summed E-state index contributed by atoms with van der Waals surface area (Å²) in [6.45, 7) is 0.948. The zero-order chi connectivity index (χ0) is 14.5. The van der Waals surface area contributed by atoms with Crippen LogP contribution in [0.1, 0.15) is 9.67 Å². The lowest BCUT2D eigenvalue weighted by Gasteiger charge is -2.06. The zero-order valence-corrected chi connectivity index (χ0v) is 14.3. The van der Waals surface area contributed by atoms with Gasteiger partial charge in [-0.15, -0.1) is 11.3 Å². The van der Waals surface area contributed by atoms with Gasteiger partial charge in [-0.2, -0.15) is 0 Å². The second-order valence-corrected chi connectivity index (χ2v) is 7.07. The summed E-state index contributed by atoms with van der Waals surface area (Å²) in [6.07, 6.45) is 0. The average Bonchev–Trinajstić information content (AvgIpc) is 2.78. The first-order valence-electron chi connectivity index (χ1n) is 5.79. The van der Waals surface area contributed by atoms with Gasteiger partial charge in [-0.05, 0) is 62.2 Å². The number of carbonyl (C=O) groups excluding carboxylic acids is 1. The molecule has 1 heterocycles. The third kappa shape index (κ3) is 4.05. The Morgan fingerprint density at radius 3 is 2.55 bits per heavy atom. The van der Waals surface area contributed by atoms with Crippen LogP contribution in [0.3, 0.4) is 0 Å². The van der Waals surface area contributed by atoms with Gasteiger partial charge in [-0.3, -0.25) is 4.79 Å². The summed E-state index contributed by atoms with van der Waals surface area (Å²) in [5.41, 5.74) is 6.08. The Bertz CT molecular complexity index is 579. The van der Waals surface area contributed by atoms with Crippen molar-refractivity contribution >= 4 is 54.8 Å². The summed E-state index contributed by atoms with van der Waals surface area (Å²) < 4.78 is 7.14. The molecule has 0 saturated carbocycles. The van der Waals surface area contributed by atoms with Gasteiger partial charge in [-0.1, -0.05) is 0 Å². The van der Waals surface area contributed by atoms with E-state index in [0.717, 1.165) is 19.7 Å². The van der Waals surface area contributed by atoms with Crippen molar-refractivity contribution < 1.29 is 9.53 Å². The van der Waals surface area contributed by atoms with E-state index in [4.69, 9.17) is 10.5 Å². The quantitative estimate of drug-likeness (QED) is 0.773. The molecule has 0 unspecified atom stereocenters. The van der Waals surface area contributed by atoms with Crippen molar-refractivity contribution in [2.45, 2.75) is 0 Å². The van der Waals surface area contributed by atoms with Crippen LogP contribution in [0.15, 0.2) is 38.6 Å². The Balaban J connectivity index is 2.00. The molecule has 0 saturated heterocycles. The highest BCUT2D eigenvalue weighted by Crippen LogP contribution is 2.32. The molecule has 1 aromatic heterocycles. The summed E-state index contributed by atoms with van der Waals surface area (Å²) >= 11 is 8.10. The summed E-state index contributed by atoms with van der Waals surface area (Å²) in [6, 6.07) is 8.96. The molecule has 2 aromatic rings. The van der Waals surface area contributed by atoms with Crippen LogP contribution in [-0.4, -0.2) is 19.1 Å². The van der Waals surface area contributed by atoms with Gasteiger partial charge in [0.2, 0.25) is 0 Å². The van der Waals surface area contributed by atoms with Crippen LogP contribution in [0.25, 0.3) is 0 Å². The molecule has 0 atom stereocenters. The lowest BCUT2D eigenvalue weighted by Crippen LogP contribution is -2.11. The van der Waals surface area contributed by atoms with Crippen molar-refractivity contribution in [2.24, 2.45) is 5.73 Å². The standard InChI is InChI=1S/C13H12Br2N2O2S/c14-10-7-11(20-12(10)15)13(18)17-8-1-3-9(4-2-8)19-6-5-16/h1-4,7H,5-6,16H2,(H,17,18). The van der Waals surface area contributed by atoms with Crippen molar-refractivity contribution in [3.8, 4) is 5.75 Å². The lowest BCUT2D eigenvalue weighted by atomic mass is 10.3. The molecule has 2 rings (SSSR count). The van der Waals surface area contributed by atoms with E-state index in [-0.39, 0.29) is 5.91 Å². The van der Waals surface area contributed by atoms with Gasteiger partial charge in [0.05, 0.1) is 8.66 Å². The molecule has 1 amide bonds. The maximum Gasteiger partial charge on any atom is 0.265 e. The molecule has 106 valence electrons. The van der Waals surface area contributed by atoms with Crippen molar-refractivity contribution in [1.29, 1.82) is 0 Å². The summed E-state index contributed by atoms with van der Waals surface area (Å²) in [5.74, 6) is 0.590. The number of benzene rings is 1. The van der Waals surface area contributed by atoms with Gasteiger partial charge in [0, 0.05) is 16.7 Å². The minimum absolute atomic E-state index is 0.142. The topological polar surface area (TPSA) is 64.3 Å². The maximum absolute atomic E-state index is 12.0. The first kappa shape index (κ1) is 15.5. The number of anilines is 1. The SMILES string of the molecule is NCCOc1ccc(NC(=O)c2cc(Br)c(Br)s2)cc1. The molecule has 7 heteroatoms. The van der Waals surface area contributed by atoms with E-state index in [1.165, 1.54) is 11.3 Å². The average molecular weight is 420 g/mol. The number of hydrogen-bond acceptors (Lipinski definition) is 4. The molecule has 0 bridgehead atoms. The second-order valence-electron chi connectivity index (χ2n) is 3.85. The van der Waals surface area contributed by atoms with Gasteiger partial charge in [0.15, 0.2) is 0 Å². The van der Waals surface area contributed by atoms with Gasteiger partial charge in [-0.25, -0.2) is 0 Å². The monoisotopic (exact) mass is 418 g/mol. The number of halogens is 2. The van der Waals surface area contributed by atoms with Crippen LogP contribution >= 0.6 is 43.2 Å². The number of nitrogens with one attached hydrogen (secondary N) is 1. The number of rotatable bonds is 5. The summed E-state index contributed by atoms with van der Waals surface area (Å²) in [5, 5.41) is 2.83. The Labute approximate surface area is 137 Å². The maximum atomic E-state index is 12.0. The first-order valence-corrected chi connectivity index (χ1v) is 8.19. The van der Waals surface area contributed by atoms with Gasteiger partial charge in [0.1, 0.15) is 12.4 Å². The Morgan fingerprint density at radius 2 is 2.00 bits per heavy atom. The first-order chi connectivity index (χ1) is 9.60. The molecule has 0 fully saturated rings. The Kier molecular flexibility index (Phi) is 5.59. The van der Waals surface area contributed by atoms with Crippen LogP contribution in [-0.2, 0) is 0 Å². The van der Waals surface area contributed by atoms with Gasteiger partial charge >= 0.3 is 0 Å². The summed E-state index contributed by atoms with van der Waals surface area (Å²) in [4.78, 5) is 12.7. The highest BCUT2D eigenvalue weighted by Gasteiger charge is 2.12. The number of thiophene rings is 1. The Hall–Kier alpha value is -0.890. The van der Waals surface area contributed by atoms with Crippen LogP contribution in [0.5, 0.6) is 5.75 Å². The normalized spacial score (nSPS) is 10.3. The van der Waals surface area contributed by atoms with Crippen molar-refractivity contribution in [1.82, 2.24) is 0 Å².